The predicted octanol–water partition coefficient (Wildman–Crippen LogP) is 3.03. The maximum atomic E-state index is 5.47. The molecule has 0 radical (unpaired) electrons. The van der Waals surface area contributed by atoms with E-state index in [2.05, 4.69) is 30.5 Å². The molecule has 0 aliphatic rings. The van der Waals surface area contributed by atoms with E-state index in [1.807, 2.05) is 30.0 Å². The number of nitrogens with zero attached hydrogens (tertiary/aromatic N) is 1. The highest BCUT2D eigenvalue weighted by Gasteiger charge is 2.07. The number of guanidine groups is 1. The van der Waals surface area contributed by atoms with Crippen molar-refractivity contribution in [1.82, 2.24) is 10.6 Å². The van der Waals surface area contributed by atoms with Crippen LogP contribution >= 0.6 is 11.8 Å². The van der Waals surface area contributed by atoms with Crippen LogP contribution in [0.2, 0.25) is 0 Å². The first-order chi connectivity index (χ1) is 13.2. The number of rotatable bonds is 14. The molecule has 0 aliphatic heterocycles. The highest BCUT2D eigenvalue weighted by Crippen LogP contribution is 2.29. The molecule has 0 saturated carbocycles. The summed E-state index contributed by atoms with van der Waals surface area (Å²) >= 11 is 1.81. The van der Waals surface area contributed by atoms with Gasteiger partial charge in [-0.15, -0.1) is 11.8 Å². The van der Waals surface area contributed by atoms with E-state index in [-0.39, 0.29) is 0 Å². The SMILES string of the molecule is CCNC(=NCC(C)CSc1ccccc1OC)NCCCOCCOC. The van der Waals surface area contributed by atoms with E-state index in [4.69, 9.17) is 19.2 Å². The Bertz CT molecular complexity index is 529. The minimum Gasteiger partial charge on any atom is -0.496 e. The van der Waals surface area contributed by atoms with Gasteiger partial charge < -0.3 is 24.8 Å². The van der Waals surface area contributed by atoms with Crippen molar-refractivity contribution in [3.63, 3.8) is 0 Å². The Morgan fingerprint density at radius 2 is 1.96 bits per heavy atom. The maximum Gasteiger partial charge on any atom is 0.191 e. The van der Waals surface area contributed by atoms with Crippen molar-refractivity contribution in [2.45, 2.75) is 25.2 Å². The molecule has 0 aromatic heterocycles. The number of methoxy groups -OCH3 is 2. The first-order valence-electron chi connectivity index (χ1n) is 9.55. The number of aliphatic imine (C=N–C) groups is 1. The Morgan fingerprint density at radius 1 is 1.15 bits per heavy atom. The summed E-state index contributed by atoms with van der Waals surface area (Å²) in [5, 5.41) is 6.65. The van der Waals surface area contributed by atoms with Gasteiger partial charge in [0.1, 0.15) is 5.75 Å². The zero-order valence-electron chi connectivity index (χ0n) is 17.1. The lowest BCUT2D eigenvalue weighted by Gasteiger charge is -2.14. The summed E-state index contributed by atoms with van der Waals surface area (Å²) in [5.41, 5.74) is 0. The molecule has 0 amide bonds. The first-order valence-corrected chi connectivity index (χ1v) is 10.5. The predicted molar refractivity (Wildman–Crippen MR) is 114 cm³/mol. The molecule has 7 heteroatoms. The van der Waals surface area contributed by atoms with E-state index < -0.39 is 0 Å². The fraction of sp³-hybridized carbons (Fsp3) is 0.650. The van der Waals surface area contributed by atoms with E-state index >= 15 is 0 Å². The highest BCUT2D eigenvalue weighted by molar-refractivity contribution is 7.99. The van der Waals surface area contributed by atoms with Crippen LogP contribution in [-0.4, -0.2) is 65.4 Å². The standard InChI is InChI=1S/C20H35N3O3S/c1-5-21-20(22-11-8-12-26-14-13-24-3)23-15-17(2)16-27-19-10-7-6-9-18(19)25-4/h6-7,9-10,17H,5,8,11-16H2,1-4H3,(H2,21,22,23). The van der Waals surface area contributed by atoms with Gasteiger partial charge in [0.15, 0.2) is 5.96 Å². The number of benzene rings is 1. The van der Waals surface area contributed by atoms with Gasteiger partial charge in [-0.2, -0.15) is 0 Å². The van der Waals surface area contributed by atoms with Crippen LogP contribution in [0.3, 0.4) is 0 Å². The number of ether oxygens (including phenoxy) is 3. The van der Waals surface area contributed by atoms with E-state index in [0.29, 0.717) is 19.1 Å². The fourth-order valence-electron chi connectivity index (χ4n) is 2.24. The van der Waals surface area contributed by atoms with Gasteiger partial charge in [-0.25, -0.2) is 0 Å². The second-order valence-electron chi connectivity index (χ2n) is 6.17. The van der Waals surface area contributed by atoms with E-state index in [9.17, 15) is 0 Å². The molecule has 27 heavy (non-hydrogen) atoms. The normalized spacial score (nSPS) is 12.7. The molecule has 0 aliphatic carbocycles. The Balaban J connectivity index is 2.31. The molecule has 6 nitrogen and oxygen atoms in total. The molecule has 1 unspecified atom stereocenters. The molecule has 0 spiro atoms. The van der Waals surface area contributed by atoms with Crippen LogP contribution in [0.4, 0.5) is 0 Å². The zero-order chi connectivity index (χ0) is 19.7. The summed E-state index contributed by atoms with van der Waals surface area (Å²) in [6, 6.07) is 8.13. The lowest BCUT2D eigenvalue weighted by molar-refractivity contribution is 0.0698. The minimum atomic E-state index is 0.466. The lowest BCUT2D eigenvalue weighted by atomic mass is 10.2. The van der Waals surface area contributed by atoms with Gasteiger partial charge in [-0.1, -0.05) is 19.1 Å². The van der Waals surface area contributed by atoms with E-state index in [1.165, 1.54) is 4.90 Å². The van der Waals surface area contributed by atoms with E-state index in [0.717, 1.165) is 50.1 Å². The number of hydrogen-bond donors (Lipinski definition) is 2. The summed E-state index contributed by atoms with van der Waals surface area (Å²) in [6.45, 7) is 8.77. The van der Waals surface area contributed by atoms with Crippen molar-refractivity contribution >= 4 is 17.7 Å². The maximum absolute atomic E-state index is 5.47. The summed E-state index contributed by atoms with van der Waals surface area (Å²) in [4.78, 5) is 5.88. The molecule has 0 heterocycles. The van der Waals surface area contributed by atoms with Crippen molar-refractivity contribution in [3.05, 3.63) is 24.3 Å². The second kappa shape index (κ2) is 15.6. The monoisotopic (exact) mass is 397 g/mol. The van der Waals surface area contributed by atoms with Gasteiger partial charge in [0.05, 0.1) is 20.3 Å². The number of thioether (sulfide) groups is 1. The van der Waals surface area contributed by atoms with Gasteiger partial charge in [0, 0.05) is 44.0 Å². The number of nitrogens with one attached hydrogen (secondary N) is 2. The molecule has 2 N–H and O–H groups in total. The Kier molecular flexibility index (Phi) is 13.6. The van der Waals surface area contributed by atoms with Crippen LogP contribution in [0.1, 0.15) is 20.3 Å². The van der Waals surface area contributed by atoms with Crippen LogP contribution in [0.25, 0.3) is 0 Å². The minimum absolute atomic E-state index is 0.466. The zero-order valence-corrected chi connectivity index (χ0v) is 17.9. The largest absolute Gasteiger partial charge is 0.496 e. The molecule has 0 saturated heterocycles. The van der Waals surface area contributed by atoms with Crippen molar-refractivity contribution in [2.24, 2.45) is 10.9 Å². The fourth-order valence-corrected chi connectivity index (χ4v) is 3.27. The smallest absolute Gasteiger partial charge is 0.191 e. The Morgan fingerprint density at radius 3 is 2.70 bits per heavy atom. The van der Waals surface area contributed by atoms with Crippen molar-refractivity contribution < 1.29 is 14.2 Å². The molecular weight excluding hydrogens is 362 g/mol. The summed E-state index contributed by atoms with van der Waals surface area (Å²) < 4.78 is 15.8. The van der Waals surface area contributed by atoms with Crippen LogP contribution in [0, 0.1) is 5.92 Å². The molecule has 1 aromatic carbocycles. The number of para-hydroxylation sites is 1. The van der Waals surface area contributed by atoms with Crippen molar-refractivity contribution in [1.29, 1.82) is 0 Å². The molecule has 0 fully saturated rings. The summed E-state index contributed by atoms with van der Waals surface area (Å²) in [6.07, 6.45) is 0.938. The van der Waals surface area contributed by atoms with Gasteiger partial charge >= 0.3 is 0 Å². The molecule has 154 valence electrons. The first kappa shape index (κ1) is 23.6. The summed E-state index contributed by atoms with van der Waals surface area (Å²) in [7, 11) is 3.39. The Hall–Kier alpha value is -1.44. The molecular formula is C20H35N3O3S. The van der Waals surface area contributed by atoms with Crippen LogP contribution in [0.5, 0.6) is 5.75 Å². The van der Waals surface area contributed by atoms with E-state index in [1.54, 1.807) is 14.2 Å². The average molecular weight is 398 g/mol. The van der Waals surface area contributed by atoms with Crippen molar-refractivity contribution in [2.75, 3.05) is 59.4 Å². The third-order valence-electron chi connectivity index (χ3n) is 3.69. The molecule has 1 rings (SSSR count). The topological polar surface area (TPSA) is 64.1 Å². The van der Waals surface area contributed by atoms with Gasteiger partial charge in [0.25, 0.3) is 0 Å². The third-order valence-corrected chi connectivity index (χ3v) is 5.07. The average Bonchev–Trinajstić information content (AvgIpc) is 2.69. The van der Waals surface area contributed by atoms with Gasteiger partial charge in [-0.3, -0.25) is 4.99 Å². The molecule has 1 atom stereocenters. The molecule has 1 aromatic rings. The van der Waals surface area contributed by atoms with Gasteiger partial charge in [0.2, 0.25) is 0 Å². The second-order valence-corrected chi connectivity index (χ2v) is 7.23. The van der Waals surface area contributed by atoms with Gasteiger partial charge in [-0.05, 0) is 31.4 Å². The summed E-state index contributed by atoms with van der Waals surface area (Å²) in [5.74, 6) is 3.26. The van der Waals surface area contributed by atoms with Crippen molar-refractivity contribution in [3.8, 4) is 5.75 Å². The van der Waals surface area contributed by atoms with Crippen LogP contribution < -0.4 is 15.4 Å². The quantitative estimate of drug-likeness (QED) is 0.218. The lowest BCUT2D eigenvalue weighted by Crippen LogP contribution is -2.38. The highest BCUT2D eigenvalue weighted by atomic mass is 32.2. The van der Waals surface area contributed by atoms with Crippen LogP contribution in [-0.2, 0) is 9.47 Å². The van der Waals surface area contributed by atoms with Crippen LogP contribution in [0.15, 0.2) is 34.2 Å². The number of hydrogen-bond acceptors (Lipinski definition) is 5. The Labute approximate surface area is 168 Å². The molecule has 0 bridgehead atoms. The third kappa shape index (κ3) is 11.1.